The first kappa shape index (κ1) is 15.7. The van der Waals surface area contributed by atoms with Crippen molar-refractivity contribution in [2.24, 2.45) is 0 Å². The van der Waals surface area contributed by atoms with Crippen LogP contribution in [-0.4, -0.2) is 55.1 Å². The summed E-state index contributed by atoms with van der Waals surface area (Å²) in [5, 5.41) is 9.74. The van der Waals surface area contributed by atoms with Crippen LogP contribution in [0.15, 0.2) is 30.5 Å². The lowest BCUT2D eigenvalue weighted by atomic mass is 10.1. The molecule has 1 aliphatic rings. The SMILES string of the molecule is O=C(O)c1cc(NS(=O)(=O)N2CCOCC2)c2ncccc2c1. The number of hydrogen-bond acceptors (Lipinski definition) is 5. The molecule has 1 saturated heterocycles. The number of ether oxygens (including phenoxy) is 1. The van der Waals surface area contributed by atoms with Crippen LogP contribution in [-0.2, 0) is 14.9 Å². The number of carbonyl (C=O) groups is 1. The summed E-state index contributed by atoms with van der Waals surface area (Å²) in [6, 6.07) is 6.07. The lowest BCUT2D eigenvalue weighted by Crippen LogP contribution is -2.43. The van der Waals surface area contributed by atoms with Gasteiger partial charge in [0.25, 0.3) is 0 Å². The maximum absolute atomic E-state index is 12.5. The highest BCUT2D eigenvalue weighted by molar-refractivity contribution is 7.90. The maximum atomic E-state index is 12.5. The van der Waals surface area contributed by atoms with Crippen molar-refractivity contribution in [1.82, 2.24) is 9.29 Å². The molecule has 0 bridgehead atoms. The van der Waals surface area contributed by atoms with E-state index in [-0.39, 0.29) is 24.3 Å². The van der Waals surface area contributed by atoms with E-state index in [2.05, 4.69) is 9.71 Å². The van der Waals surface area contributed by atoms with E-state index in [9.17, 15) is 18.3 Å². The van der Waals surface area contributed by atoms with Gasteiger partial charge in [-0.1, -0.05) is 6.07 Å². The Kier molecular flexibility index (Phi) is 4.16. The fraction of sp³-hybridized carbons (Fsp3) is 0.286. The van der Waals surface area contributed by atoms with Gasteiger partial charge in [0.2, 0.25) is 0 Å². The highest BCUT2D eigenvalue weighted by atomic mass is 32.2. The number of nitrogens with zero attached hydrogens (tertiary/aromatic N) is 2. The highest BCUT2D eigenvalue weighted by Crippen LogP contribution is 2.25. The molecule has 0 amide bonds. The molecule has 8 nitrogen and oxygen atoms in total. The summed E-state index contributed by atoms with van der Waals surface area (Å²) in [7, 11) is -3.80. The second-order valence-electron chi connectivity index (χ2n) is 5.02. The third kappa shape index (κ3) is 3.26. The number of aromatic nitrogens is 1. The van der Waals surface area contributed by atoms with Crippen LogP contribution in [0, 0.1) is 0 Å². The maximum Gasteiger partial charge on any atom is 0.335 e. The first-order chi connectivity index (χ1) is 11.0. The first-order valence-electron chi connectivity index (χ1n) is 6.95. The van der Waals surface area contributed by atoms with Crippen molar-refractivity contribution in [1.29, 1.82) is 0 Å². The molecule has 1 aliphatic heterocycles. The van der Waals surface area contributed by atoms with Crippen molar-refractivity contribution in [2.75, 3.05) is 31.0 Å². The topological polar surface area (TPSA) is 109 Å². The molecule has 0 atom stereocenters. The highest BCUT2D eigenvalue weighted by Gasteiger charge is 2.25. The van der Waals surface area contributed by atoms with Crippen molar-refractivity contribution >= 4 is 32.8 Å². The zero-order valence-electron chi connectivity index (χ0n) is 12.1. The van der Waals surface area contributed by atoms with E-state index in [0.717, 1.165) is 0 Å². The van der Waals surface area contributed by atoms with Gasteiger partial charge in [-0.2, -0.15) is 12.7 Å². The predicted molar refractivity (Wildman–Crippen MR) is 83.6 cm³/mol. The van der Waals surface area contributed by atoms with Crippen LogP contribution < -0.4 is 4.72 Å². The lowest BCUT2D eigenvalue weighted by Gasteiger charge is -2.26. The monoisotopic (exact) mass is 337 g/mol. The van der Waals surface area contributed by atoms with Gasteiger partial charge in [0.15, 0.2) is 0 Å². The summed E-state index contributed by atoms with van der Waals surface area (Å²) in [6.07, 6.45) is 1.52. The van der Waals surface area contributed by atoms with Crippen molar-refractivity contribution in [3.63, 3.8) is 0 Å². The zero-order chi connectivity index (χ0) is 16.4. The number of benzene rings is 1. The molecule has 1 aromatic carbocycles. The molecule has 23 heavy (non-hydrogen) atoms. The Morgan fingerprint density at radius 1 is 1.30 bits per heavy atom. The van der Waals surface area contributed by atoms with Gasteiger partial charge in [-0.15, -0.1) is 0 Å². The third-order valence-corrected chi connectivity index (χ3v) is 5.02. The number of carboxylic acids is 1. The normalized spacial score (nSPS) is 16.3. The van der Waals surface area contributed by atoms with Gasteiger partial charge >= 0.3 is 16.2 Å². The van der Waals surface area contributed by atoms with E-state index in [1.807, 2.05) is 0 Å². The number of rotatable bonds is 4. The molecule has 2 aromatic rings. The summed E-state index contributed by atoms with van der Waals surface area (Å²) in [5.74, 6) is -1.14. The molecule has 2 heterocycles. The summed E-state index contributed by atoms with van der Waals surface area (Å²) < 4.78 is 33.8. The van der Waals surface area contributed by atoms with E-state index in [1.54, 1.807) is 12.1 Å². The molecule has 0 aliphatic carbocycles. The molecule has 0 radical (unpaired) electrons. The second kappa shape index (κ2) is 6.11. The minimum Gasteiger partial charge on any atom is -0.478 e. The summed E-state index contributed by atoms with van der Waals surface area (Å²) in [5.41, 5.74) is 0.534. The molecule has 0 spiro atoms. The number of carboxylic acid groups (broad SMARTS) is 1. The molecule has 1 fully saturated rings. The molecular formula is C14H15N3O5S. The number of aromatic carboxylic acids is 1. The summed E-state index contributed by atoms with van der Waals surface area (Å²) in [6.45, 7) is 1.16. The Morgan fingerprint density at radius 2 is 2.04 bits per heavy atom. The van der Waals surface area contributed by atoms with Crippen molar-refractivity contribution in [2.45, 2.75) is 0 Å². The number of hydrogen-bond donors (Lipinski definition) is 2. The van der Waals surface area contributed by atoms with Gasteiger partial charge in [-0.3, -0.25) is 9.71 Å². The number of pyridine rings is 1. The zero-order valence-corrected chi connectivity index (χ0v) is 12.9. The standard InChI is InChI=1S/C14H15N3O5S/c18-14(19)11-8-10-2-1-3-15-13(10)12(9-11)16-23(20,21)17-4-6-22-7-5-17/h1-3,8-9,16H,4-7H2,(H,18,19). The number of fused-ring (bicyclic) bond motifs is 1. The average molecular weight is 337 g/mol. The Bertz CT molecular complexity index is 847. The van der Waals surface area contributed by atoms with Gasteiger partial charge in [0, 0.05) is 24.7 Å². The average Bonchev–Trinajstić information content (AvgIpc) is 2.55. The molecule has 2 N–H and O–H groups in total. The summed E-state index contributed by atoms with van der Waals surface area (Å²) >= 11 is 0. The van der Waals surface area contributed by atoms with Crippen LogP contribution in [0.25, 0.3) is 10.9 Å². The molecule has 9 heteroatoms. The molecule has 0 saturated carbocycles. The molecule has 122 valence electrons. The van der Waals surface area contributed by atoms with Crippen LogP contribution in [0.4, 0.5) is 5.69 Å². The smallest absolute Gasteiger partial charge is 0.335 e. The van der Waals surface area contributed by atoms with Crippen LogP contribution in [0.3, 0.4) is 0 Å². The van der Waals surface area contributed by atoms with Crippen molar-refractivity contribution in [3.8, 4) is 0 Å². The largest absolute Gasteiger partial charge is 0.478 e. The van der Waals surface area contributed by atoms with Gasteiger partial charge in [-0.25, -0.2) is 4.79 Å². The van der Waals surface area contributed by atoms with Crippen LogP contribution in [0.2, 0.25) is 0 Å². The third-order valence-electron chi connectivity index (χ3n) is 3.50. The van der Waals surface area contributed by atoms with Gasteiger partial charge in [-0.05, 0) is 18.2 Å². The van der Waals surface area contributed by atoms with E-state index in [0.29, 0.717) is 24.1 Å². The van der Waals surface area contributed by atoms with Gasteiger partial charge < -0.3 is 9.84 Å². The number of anilines is 1. The first-order valence-corrected chi connectivity index (χ1v) is 8.39. The molecule has 0 unspecified atom stereocenters. The second-order valence-corrected chi connectivity index (χ2v) is 6.69. The summed E-state index contributed by atoms with van der Waals surface area (Å²) in [4.78, 5) is 15.4. The lowest BCUT2D eigenvalue weighted by molar-refractivity contribution is 0.0697. The molecular weight excluding hydrogens is 322 g/mol. The quantitative estimate of drug-likeness (QED) is 0.859. The Labute approximate surface area is 132 Å². The Balaban J connectivity index is 2.03. The van der Waals surface area contributed by atoms with Crippen LogP contribution >= 0.6 is 0 Å². The van der Waals surface area contributed by atoms with E-state index in [1.165, 1.54) is 22.6 Å². The Hall–Kier alpha value is -2.23. The number of nitrogens with one attached hydrogen (secondary N) is 1. The van der Waals surface area contributed by atoms with Gasteiger partial charge in [0.05, 0.1) is 30.0 Å². The number of morpholine rings is 1. The van der Waals surface area contributed by atoms with E-state index >= 15 is 0 Å². The van der Waals surface area contributed by atoms with Crippen molar-refractivity contribution < 1.29 is 23.1 Å². The van der Waals surface area contributed by atoms with Crippen LogP contribution in [0.5, 0.6) is 0 Å². The predicted octanol–water partition coefficient (Wildman–Crippen LogP) is 0.922. The minimum atomic E-state index is -3.80. The minimum absolute atomic E-state index is 0.00909. The van der Waals surface area contributed by atoms with Crippen LogP contribution in [0.1, 0.15) is 10.4 Å². The fourth-order valence-corrected chi connectivity index (χ4v) is 3.58. The van der Waals surface area contributed by atoms with E-state index in [4.69, 9.17) is 4.74 Å². The molecule has 1 aromatic heterocycles. The molecule has 3 rings (SSSR count). The van der Waals surface area contributed by atoms with E-state index < -0.39 is 16.2 Å². The van der Waals surface area contributed by atoms with Crippen molar-refractivity contribution in [3.05, 3.63) is 36.0 Å². The Morgan fingerprint density at radius 3 is 2.74 bits per heavy atom. The fourth-order valence-electron chi connectivity index (χ4n) is 2.38. The van der Waals surface area contributed by atoms with Gasteiger partial charge in [0.1, 0.15) is 0 Å².